The van der Waals surface area contributed by atoms with E-state index < -0.39 is 6.04 Å². The minimum atomic E-state index is -0.657. The molecule has 0 saturated heterocycles. The third-order valence-corrected chi connectivity index (χ3v) is 7.38. The van der Waals surface area contributed by atoms with Crippen molar-refractivity contribution in [1.29, 1.82) is 0 Å². The zero-order chi connectivity index (χ0) is 25.9. The molecular formula is C29H32Cl2N2O2S. The molecule has 1 atom stereocenters. The van der Waals surface area contributed by atoms with Crippen LogP contribution in [0, 0.1) is 0 Å². The van der Waals surface area contributed by atoms with Gasteiger partial charge in [0.1, 0.15) is 6.04 Å². The van der Waals surface area contributed by atoms with E-state index in [1.165, 1.54) is 5.56 Å². The molecule has 0 saturated carbocycles. The van der Waals surface area contributed by atoms with Gasteiger partial charge in [0.2, 0.25) is 11.8 Å². The first kappa shape index (κ1) is 28.1. The summed E-state index contributed by atoms with van der Waals surface area (Å²) in [5, 5.41) is 3.88. The van der Waals surface area contributed by atoms with Gasteiger partial charge in [0.25, 0.3) is 0 Å². The Bertz CT molecular complexity index is 1130. The summed E-state index contributed by atoms with van der Waals surface area (Å²) >= 11 is 14.1. The van der Waals surface area contributed by atoms with Crippen molar-refractivity contribution in [2.24, 2.45) is 0 Å². The largest absolute Gasteiger partial charge is 0.352 e. The molecule has 0 fully saturated rings. The lowest BCUT2D eigenvalue weighted by molar-refractivity contribution is -0.141. The average Bonchev–Trinajstić information content (AvgIpc) is 2.86. The van der Waals surface area contributed by atoms with Crippen LogP contribution in [0.2, 0.25) is 10.0 Å². The van der Waals surface area contributed by atoms with E-state index in [4.69, 9.17) is 23.2 Å². The first-order valence-electron chi connectivity index (χ1n) is 12.0. The second-order valence-corrected chi connectivity index (χ2v) is 10.8. The second kappa shape index (κ2) is 14.3. The maximum absolute atomic E-state index is 13.6. The molecule has 3 rings (SSSR count). The van der Waals surface area contributed by atoms with Gasteiger partial charge in [-0.25, -0.2) is 0 Å². The average molecular weight is 544 g/mol. The van der Waals surface area contributed by atoms with Gasteiger partial charge in [-0.1, -0.05) is 89.9 Å². The van der Waals surface area contributed by atoms with Crippen LogP contribution < -0.4 is 5.32 Å². The van der Waals surface area contributed by atoms with E-state index in [-0.39, 0.29) is 24.4 Å². The number of nitrogens with one attached hydrogen (secondary N) is 1. The van der Waals surface area contributed by atoms with Crippen molar-refractivity contribution < 1.29 is 9.59 Å². The number of rotatable bonds is 12. The van der Waals surface area contributed by atoms with Gasteiger partial charge in [-0.05, 0) is 42.7 Å². The number of amides is 2. The van der Waals surface area contributed by atoms with Crippen LogP contribution in [0.3, 0.4) is 0 Å². The molecule has 0 aromatic heterocycles. The van der Waals surface area contributed by atoms with Crippen molar-refractivity contribution in [1.82, 2.24) is 10.2 Å². The molecule has 0 aliphatic heterocycles. The fourth-order valence-corrected chi connectivity index (χ4v) is 5.05. The predicted molar refractivity (Wildman–Crippen MR) is 151 cm³/mol. The van der Waals surface area contributed by atoms with Gasteiger partial charge in [-0.3, -0.25) is 9.59 Å². The number of carbonyl (C=O) groups is 2. The van der Waals surface area contributed by atoms with Gasteiger partial charge >= 0.3 is 0 Å². The number of halogens is 2. The number of hydrogen-bond acceptors (Lipinski definition) is 3. The quantitative estimate of drug-likeness (QED) is 0.256. The Kier molecular flexibility index (Phi) is 11.2. The zero-order valence-electron chi connectivity index (χ0n) is 20.6. The highest BCUT2D eigenvalue weighted by molar-refractivity contribution is 7.98. The molecule has 0 radical (unpaired) electrons. The summed E-state index contributed by atoms with van der Waals surface area (Å²) in [6.07, 6.45) is 0.753. The zero-order valence-corrected chi connectivity index (χ0v) is 23.0. The molecule has 36 heavy (non-hydrogen) atoms. The molecule has 0 spiro atoms. The van der Waals surface area contributed by atoms with Gasteiger partial charge in [-0.2, -0.15) is 11.8 Å². The number of thioether (sulfide) groups is 1. The highest BCUT2D eigenvalue weighted by Crippen LogP contribution is 2.25. The molecule has 190 valence electrons. The molecule has 1 unspecified atom stereocenters. The molecule has 3 aromatic rings. The Hall–Kier alpha value is -2.47. The lowest BCUT2D eigenvalue weighted by Gasteiger charge is -2.32. The molecule has 0 aliphatic carbocycles. The molecule has 0 aliphatic rings. The Morgan fingerprint density at radius 1 is 0.861 bits per heavy atom. The van der Waals surface area contributed by atoms with E-state index in [2.05, 4.69) is 17.4 Å². The highest BCUT2D eigenvalue weighted by atomic mass is 35.5. The van der Waals surface area contributed by atoms with Crippen LogP contribution in [-0.2, 0) is 28.3 Å². The summed E-state index contributed by atoms with van der Waals surface area (Å²) in [6, 6.07) is 24.6. The standard InChI is InChI=1S/C29H32Cl2N2O2S/c1-21(2)32-29(35)27(18-22-9-5-3-6-10-22)33(19-24-13-14-25(30)26(31)17-24)28(34)15-16-36-20-23-11-7-4-8-12-23/h3-14,17,21,27H,15-16,18-20H2,1-2H3,(H,32,35). The first-order chi connectivity index (χ1) is 17.3. The van der Waals surface area contributed by atoms with Crippen LogP contribution in [0.1, 0.15) is 37.0 Å². The van der Waals surface area contributed by atoms with E-state index >= 15 is 0 Å². The summed E-state index contributed by atoms with van der Waals surface area (Å²) in [5.41, 5.74) is 3.04. The minimum Gasteiger partial charge on any atom is -0.352 e. The van der Waals surface area contributed by atoms with Crippen molar-refractivity contribution >= 4 is 46.8 Å². The third-order valence-electron chi connectivity index (χ3n) is 5.61. The van der Waals surface area contributed by atoms with Crippen molar-refractivity contribution in [2.75, 3.05) is 5.75 Å². The highest BCUT2D eigenvalue weighted by Gasteiger charge is 2.30. The molecule has 2 amide bonds. The summed E-state index contributed by atoms with van der Waals surface area (Å²) in [6.45, 7) is 4.10. The van der Waals surface area contributed by atoms with Crippen molar-refractivity contribution in [3.05, 3.63) is 106 Å². The SMILES string of the molecule is CC(C)NC(=O)C(Cc1ccccc1)N(Cc1ccc(Cl)c(Cl)c1)C(=O)CCSCc1ccccc1. The minimum absolute atomic E-state index is 0.0425. The first-order valence-corrected chi connectivity index (χ1v) is 13.9. The monoisotopic (exact) mass is 542 g/mol. The number of carbonyl (C=O) groups excluding carboxylic acids is 2. The van der Waals surface area contributed by atoms with Crippen LogP contribution in [0.15, 0.2) is 78.9 Å². The number of benzene rings is 3. The van der Waals surface area contributed by atoms with E-state index in [1.807, 2.05) is 68.4 Å². The predicted octanol–water partition coefficient (Wildman–Crippen LogP) is 6.78. The molecule has 0 heterocycles. The summed E-state index contributed by atoms with van der Waals surface area (Å²) in [4.78, 5) is 28.7. The van der Waals surface area contributed by atoms with Crippen LogP contribution in [0.5, 0.6) is 0 Å². The van der Waals surface area contributed by atoms with Crippen LogP contribution in [0.25, 0.3) is 0 Å². The molecule has 7 heteroatoms. The maximum Gasteiger partial charge on any atom is 0.243 e. The van der Waals surface area contributed by atoms with E-state index in [1.54, 1.807) is 28.8 Å². The van der Waals surface area contributed by atoms with Crippen molar-refractivity contribution in [3.63, 3.8) is 0 Å². The Labute approximate surface area is 228 Å². The Morgan fingerprint density at radius 3 is 2.11 bits per heavy atom. The molecule has 4 nitrogen and oxygen atoms in total. The van der Waals surface area contributed by atoms with Gasteiger partial charge < -0.3 is 10.2 Å². The molecular weight excluding hydrogens is 511 g/mol. The van der Waals surface area contributed by atoms with Gasteiger partial charge in [-0.15, -0.1) is 0 Å². The van der Waals surface area contributed by atoms with E-state index in [9.17, 15) is 9.59 Å². The lowest BCUT2D eigenvalue weighted by Crippen LogP contribution is -2.51. The van der Waals surface area contributed by atoms with E-state index in [0.717, 1.165) is 16.9 Å². The van der Waals surface area contributed by atoms with Gasteiger partial charge in [0.05, 0.1) is 10.0 Å². The molecule has 0 bridgehead atoms. The number of hydrogen-bond donors (Lipinski definition) is 1. The van der Waals surface area contributed by atoms with Crippen molar-refractivity contribution in [3.8, 4) is 0 Å². The number of nitrogens with zero attached hydrogens (tertiary/aromatic N) is 1. The summed E-state index contributed by atoms with van der Waals surface area (Å²) < 4.78 is 0. The van der Waals surface area contributed by atoms with Crippen molar-refractivity contribution in [2.45, 2.75) is 51.1 Å². The smallest absolute Gasteiger partial charge is 0.243 e. The maximum atomic E-state index is 13.6. The van der Waals surface area contributed by atoms with Gasteiger partial charge in [0, 0.05) is 36.9 Å². The van der Waals surface area contributed by atoms with Gasteiger partial charge in [0.15, 0.2) is 0 Å². The summed E-state index contributed by atoms with van der Waals surface area (Å²) in [5.74, 6) is 1.26. The third kappa shape index (κ3) is 8.88. The van der Waals surface area contributed by atoms with Crippen LogP contribution >= 0.6 is 35.0 Å². The van der Waals surface area contributed by atoms with E-state index in [0.29, 0.717) is 28.6 Å². The fraction of sp³-hybridized carbons (Fsp3) is 0.310. The molecule has 1 N–H and O–H groups in total. The Balaban J connectivity index is 1.82. The van der Waals surface area contributed by atoms with Crippen LogP contribution in [-0.4, -0.2) is 34.6 Å². The second-order valence-electron chi connectivity index (χ2n) is 8.93. The van der Waals surface area contributed by atoms with Crippen LogP contribution in [0.4, 0.5) is 0 Å². The lowest BCUT2D eigenvalue weighted by atomic mass is 10.0. The topological polar surface area (TPSA) is 49.4 Å². The molecule has 3 aromatic carbocycles. The summed E-state index contributed by atoms with van der Waals surface area (Å²) in [7, 11) is 0. The fourth-order valence-electron chi connectivity index (χ4n) is 3.84. The normalized spacial score (nSPS) is 11.8. The Morgan fingerprint density at radius 2 is 1.50 bits per heavy atom.